The molecule has 1 aliphatic heterocycles. The van der Waals surface area contributed by atoms with Gasteiger partial charge in [0.1, 0.15) is 47.9 Å². The SMILES string of the molecule is COC(=O)[C@@H](NC(=O)[C@@H](NC(=O)[C@H](CC(C)C)NC(=O)CNC(=O)[C@H]1CCCN1C(=O)[C@@H](NC(=O)[C@H](Cc1cn(C)cn1)NC(=O)[C@@H](NC(=O)OC(C)(C)C)C(C)C)C(C)C)C(C)C)C(C)C. The second kappa shape index (κ2) is 26.0. The molecule has 0 aliphatic carbocycles. The lowest BCUT2D eigenvalue weighted by atomic mass is 9.98. The number of esters is 1. The van der Waals surface area contributed by atoms with Gasteiger partial charge in [-0.15, -0.1) is 0 Å². The second-order valence-electron chi connectivity index (χ2n) is 20.0. The average Bonchev–Trinajstić information content (AvgIpc) is 3.88. The Labute approximate surface area is 395 Å². The second-order valence-corrected chi connectivity index (χ2v) is 20.0. The zero-order valence-corrected chi connectivity index (χ0v) is 42.2. The van der Waals surface area contributed by atoms with Gasteiger partial charge in [0, 0.05) is 26.2 Å². The molecule has 0 spiro atoms. The van der Waals surface area contributed by atoms with E-state index in [0.29, 0.717) is 12.1 Å². The Morgan fingerprint density at radius 1 is 0.701 bits per heavy atom. The van der Waals surface area contributed by atoms with Crippen molar-refractivity contribution >= 4 is 53.4 Å². The summed E-state index contributed by atoms with van der Waals surface area (Å²) in [5, 5.41) is 18.8. The summed E-state index contributed by atoms with van der Waals surface area (Å²) in [7, 11) is 2.97. The van der Waals surface area contributed by atoms with E-state index in [1.165, 1.54) is 12.0 Å². The number of aryl methyl sites for hydroxylation is 1. The molecule has 0 unspecified atom stereocenters. The first-order valence-corrected chi connectivity index (χ1v) is 23.2. The Hall–Kier alpha value is -5.76. The van der Waals surface area contributed by atoms with E-state index in [0.717, 1.165) is 0 Å². The number of nitrogens with one attached hydrogen (secondary N) is 7. The topological polar surface area (TPSA) is 277 Å². The van der Waals surface area contributed by atoms with E-state index < -0.39 is 126 Å². The standard InChI is InChI=1S/C46H78N10O11/c1-24(2)19-30(38(58)51-34(25(3)4)42(62)53-37(28(9)10)44(64)66-15)49-33(57)21-47-40(60)32-17-16-18-56(32)43(63)36(27(7)8)52-39(59)31(20-29-22-55(14)23-48-29)50-41(61)35(26(5)6)54-45(65)67-46(11,12)13/h22-28,30-32,34-37H,16-21H2,1-15H3,(H,47,60)(H,49,57)(H,50,61)(H,51,58)(H,52,59)(H,53,62)(H,54,65)/t30-,31-,32+,34-,35-,36-,37-/m0/s1. The van der Waals surface area contributed by atoms with Crippen LogP contribution in [0, 0.1) is 29.6 Å². The number of likely N-dealkylation sites (tertiary alicyclic amines) is 1. The third-order valence-electron chi connectivity index (χ3n) is 10.9. The molecule has 21 nitrogen and oxygen atoms in total. The summed E-state index contributed by atoms with van der Waals surface area (Å²) in [6, 6.07) is -7.48. The number of amides is 8. The summed E-state index contributed by atoms with van der Waals surface area (Å²) in [6.45, 7) is 22.3. The zero-order valence-electron chi connectivity index (χ0n) is 42.2. The van der Waals surface area contributed by atoms with Crippen LogP contribution >= 0.6 is 0 Å². The summed E-state index contributed by atoms with van der Waals surface area (Å²) >= 11 is 0. The number of nitrogens with zero attached hydrogens (tertiary/aromatic N) is 3. The lowest BCUT2D eigenvalue weighted by Gasteiger charge is -2.32. The van der Waals surface area contributed by atoms with E-state index in [9.17, 15) is 43.2 Å². The molecule has 1 saturated heterocycles. The van der Waals surface area contributed by atoms with Gasteiger partial charge in [-0.2, -0.15) is 0 Å². The number of hydrogen-bond donors (Lipinski definition) is 7. The first kappa shape index (κ1) is 57.4. The molecule has 7 N–H and O–H groups in total. The van der Waals surface area contributed by atoms with Gasteiger partial charge in [-0.05, 0) is 69.6 Å². The number of ether oxygens (including phenoxy) is 2. The van der Waals surface area contributed by atoms with Gasteiger partial charge >= 0.3 is 12.1 Å². The predicted molar refractivity (Wildman–Crippen MR) is 248 cm³/mol. The molecule has 0 saturated carbocycles. The molecule has 8 amide bonds. The predicted octanol–water partition coefficient (Wildman–Crippen LogP) is 1.23. The Morgan fingerprint density at radius 2 is 1.22 bits per heavy atom. The highest BCUT2D eigenvalue weighted by molar-refractivity contribution is 5.97. The molecular formula is C46H78N10O11. The highest BCUT2D eigenvalue weighted by atomic mass is 16.6. The van der Waals surface area contributed by atoms with Crippen LogP contribution in [0.5, 0.6) is 0 Å². The van der Waals surface area contributed by atoms with Gasteiger partial charge < -0.3 is 56.2 Å². The van der Waals surface area contributed by atoms with Crippen molar-refractivity contribution < 1.29 is 52.6 Å². The van der Waals surface area contributed by atoms with Gasteiger partial charge in [-0.25, -0.2) is 14.6 Å². The van der Waals surface area contributed by atoms with Gasteiger partial charge in [0.2, 0.25) is 41.4 Å². The van der Waals surface area contributed by atoms with Crippen LogP contribution in [0.25, 0.3) is 0 Å². The molecule has 21 heteroatoms. The number of carbonyl (C=O) groups excluding carboxylic acids is 9. The molecular weight excluding hydrogens is 869 g/mol. The number of hydrogen-bond acceptors (Lipinski definition) is 12. The number of imidazole rings is 1. The number of rotatable bonds is 23. The third kappa shape index (κ3) is 18.4. The van der Waals surface area contributed by atoms with Crippen LogP contribution in [0.15, 0.2) is 12.5 Å². The molecule has 1 aromatic heterocycles. The van der Waals surface area contributed by atoms with E-state index in [2.05, 4.69) is 42.2 Å². The minimum absolute atomic E-state index is 0.0471. The summed E-state index contributed by atoms with van der Waals surface area (Å²) in [4.78, 5) is 127. The van der Waals surface area contributed by atoms with E-state index in [4.69, 9.17) is 9.47 Å². The summed E-state index contributed by atoms with van der Waals surface area (Å²) in [6.07, 6.45) is 3.32. The van der Waals surface area contributed by atoms with Gasteiger partial charge in [-0.3, -0.25) is 33.6 Å². The van der Waals surface area contributed by atoms with Crippen molar-refractivity contribution in [1.82, 2.24) is 51.7 Å². The fourth-order valence-electron chi connectivity index (χ4n) is 7.36. The van der Waals surface area contributed by atoms with Gasteiger partial charge in [-0.1, -0.05) is 69.2 Å². The Morgan fingerprint density at radius 3 is 1.73 bits per heavy atom. The first-order valence-electron chi connectivity index (χ1n) is 23.2. The molecule has 2 rings (SSSR count). The summed E-state index contributed by atoms with van der Waals surface area (Å²) in [5.41, 5.74) is -0.343. The van der Waals surface area contributed by atoms with Crippen molar-refractivity contribution in [1.29, 1.82) is 0 Å². The molecule has 0 aromatic carbocycles. The minimum Gasteiger partial charge on any atom is -0.467 e. The van der Waals surface area contributed by atoms with Crippen LogP contribution in [-0.2, 0) is 61.3 Å². The number of aromatic nitrogens is 2. The van der Waals surface area contributed by atoms with Crippen molar-refractivity contribution in [2.75, 3.05) is 20.2 Å². The zero-order chi connectivity index (χ0) is 51.1. The van der Waals surface area contributed by atoms with Crippen molar-refractivity contribution in [2.45, 2.75) is 164 Å². The van der Waals surface area contributed by atoms with Crippen LogP contribution in [0.3, 0.4) is 0 Å². The van der Waals surface area contributed by atoms with E-state index in [1.807, 2.05) is 13.8 Å². The normalized spacial score (nSPS) is 16.7. The van der Waals surface area contributed by atoms with Crippen molar-refractivity contribution in [3.8, 4) is 0 Å². The van der Waals surface area contributed by atoms with Crippen LogP contribution < -0.4 is 37.2 Å². The fraction of sp³-hybridized carbons (Fsp3) is 0.739. The van der Waals surface area contributed by atoms with Crippen LogP contribution in [0.2, 0.25) is 0 Å². The monoisotopic (exact) mass is 947 g/mol. The molecule has 1 aliphatic rings. The highest BCUT2D eigenvalue weighted by Crippen LogP contribution is 2.21. The summed E-state index contributed by atoms with van der Waals surface area (Å²) in [5.74, 6) is -6.64. The lowest BCUT2D eigenvalue weighted by Crippen LogP contribution is -2.60. The Balaban J connectivity index is 2.21. The quantitative estimate of drug-likeness (QED) is 0.0764. The molecule has 1 aromatic rings. The maximum Gasteiger partial charge on any atom is 0.408 e. The largest absolute Gasteiger partial charge is 0.467 e. The minimum atomic E-state index is -1.23. The molecule has 378 valence electrons. The van der Waals surface area contributed by atoms with Gasteiger partial charge in [0.25, 0.3) is 0 Å². The number of carbonyl (C=O) groups is 9. The number of methoxy groups -OCH3 is 1. The van der Waals surface area contributed by atoms with E-state index in [1.54, 1.807) is 100 Å². The Kier molecular flexibility index (Phi) is 22.2. The van der Waals surface area contributed by atoms with Crippen LogP contribution in [-0.4, -0.2) is 136 Å². The molecule has 0 radical (unpaired) electrons. The molecule has 7 atom stereocenters. The molecule has 0 bridgehead atoms. The molecule has 2 heterocycles. The van der Waals surface area contributed by atoms with Crippen molar-refractivity contribution in [2.24, 2.45) is 36.6 Å². The van der Waals surface area contributed by atoms with Gasteiger partial charge in [0.15, 0.2) is 0 Å². The summed E-state index contributed by atoms with van der Waals surface area (Å²) < 4.78 is 11.9. The van der Waals surface area contributed by atoms with Crippen molar-refractivity contribution in [3.05, 3.63) is 18.2 Å². The van der Waals surface area contributed by atoms with E-state index in [-0.39, 0.29) is 37.6 Å². The number of alkyl carbamates (subject to hydrolysis) is 1. The fourth-order valence-corrected chi connectivity index (χ4v) is 7.36. The van der Waals surface area contributed by atoms with E-state index >= 15 is 0 Å². The first-order chi connectivity index (χ1) is 31.1. The van der Waals surface area contributed by atoms with Crippen molar-refractivity contribution in [3.63, 3.8) is 0 Å². The van der Waals surface area contributed by atoms with Crippen LogP contribution in [0.1, 0.15) is 115 Å². The smallest absolute Gasteiger partial charge is 0.408 e. The average molecular weight is 947 g/mol. The maximum absolute atomic E-state index is 14.3. The third-order valence-corrected chi connectivity index (χ3v) is 10.9. The highest BCUT2D eigenvalue weighted by Gasteiger charge is 2.41. The van der Waals surface area contributed by atoms with Crippen LogP contribution in [0.4, 0.5) is 4.79 Å². The molecule has 1 fully saturated rings. The Bertz CT molecular complexity index is 1890. The molecule has 67 heavy (non-hydrogen) atoms. The maximum atomic E-state index is 14.3. The lowest BCUT2D eigenvalue weighted by molar-refractivity contribution is -0.147. The van der Waals surface area contributed by atoms with Gasteiger partial charge in [0.05, 0.1) is 25.7 Å².